The number of allylic oxidation sites excluding steroid dienone is 4. The summed E-state index contributed by atoms with van der Waals surface area (Å²) in [5.41, 5.74) is 0. The van der Waals surface area contributed by atoms with Gasteiger partial charge in [-0.2, -0.15) is 6.08 Å². The molecule has 0 aromatic carbocycles. The monoisotopic (exact) mass is 723 g/mol. The van der Waals surface area contributed by atoms with Crippen molar-refractivity contribution < 1.29 is 51.0 Å². The van der Waals surface area contributed by atoms with Crippen LogP contribution in [-0.4, -0.2) is 87.9 Å². The fraction of sp³-hybridized carbons (Fsp3) is 0.167. The molecule has 0 saturated heterocycles. The molecule has 7 heteroatoms. The van der Waals surface area contributed by atoms with Crippen LogP contribution in [0, 0.1) is 6.08 Å². The Hall–Kier alpha value is 4.09. The van der Waals surface area contributed by atoms with Gasteiger partial charge in [-0.25, -0.2) is 12.2 Å². The first-order valence-electron chi connectivity index (χ1n) is 2.18. The van der Waals surface area contributed by atoms with Gasteiger partial charge >= 0.3 is 114 Å². The molecule has 0 heterocycles. The number of rotatable bonds is 0. The van der Waals surface area contributed by atoms with Crippen LogP contribution in [0.4, 0.5) is 0 Å². The number of hydrogen-bond acceptors (Lipinski definition) is 0. The van der Waals surface area contributed by atoms with E-state index in [1.54, 1.807) is 36.5 Å². The Morgan fingerprint density at radius 2 is 1.54 bits per heavy atom. The molecule has 0 aromatic rings. The van der Waals surface area contributed by atoms with Gasteiger partial charge in [-0.15, -0.1) is 6.42 Å². The van der Waals surface area contributed by atoms with E-state index in [4.69, 9.17) is 0 Å². The maximum atomic E-state index is 4.55. The quantitative estimate of drug-likeness (QED) is 0.172. The maximum Gasteiger partial charge on any atom is 4.00 e. The van der Waals surface area contributed by atoms with Crippen LogP contribution >= 0.6 is 0 Å². The first kappa shape index (κ1) is 36.0. The van der Waals surface area contributed by atoms with E-state index in [0.29, 0.717) is 0 Å². The molecule has 0 amide bonds. The third-order valence-electron chi connectivity index (χ3n) is 0.586. The van der Waals surface area contributed by atoms with Crippen molar-refractivity contribution in [2.75, 3.05) is 0 Å². The molecule has 0 N–H and O–H groups in total. The van der Waals surface area contributed by atoms with Crippen LogP contribution in [0.25, 0.3) is 0 Å². The van der Waals surface area contributed by atoms with Crippen LogP contribution in [0.15, 0.2) is 18.2 Å². The summed E-state index contributed by atoms with van der Waals surface area (Å²) >= 11 is 4.85. The van der Waals surface area contributed by atoms with E-state index in [-0.39, 0.29) is 75.4 Å². The van der Waals surface area contributed by atoms with Crippen LogP contribution in [0.1, 0.15) is 6.42 Å². The second-order valence-corrected chi connectivity index (χ2v) is 1.00. The smallest absolute Gasteiger partial charge is 4.00 e. The molecule has 0 fully saturated rings. The van der Waals surface area contributed by atoms with E-state index in [9.17, 15) is 0 Å². The molecule has 0 atom stereocenters. The zero-order valence-corrected chi connectivity index (χ0v) is 21.1. The summed E-state index contributed by atoms with van der Waals surface area (Å²) in [6.45, 7) is 0. The summed E-state index contributed by atoms with van der Waals surface area (Å²) in [5, 5.41) is 0. The third kappa shape index (κ3) is 38.7. The molecule has 0 nitrogen and oxygen atoms in total. The van der Waals surface area contributed by atoms with Crippen molar-refractivity contribution in [3.8, 4) is 0 Å². The molecule has 1 rings (SSSR count). The predicted octanol–water partition coefficient (Wildman–Crippen LogP) is -6.64. The van der Waals surface area contributed by atoms with Crippen molar-refractivity contribution in [3.05, 3.63) is 24.3 Å². The largest absolute Gasteiger partial charge is 4.00 e. The Labute approximate surface area is 166 Å². The minimum absolute atomic E-state index is 0. The van der Waals surface area contributed by atoms with Gasteiger partial charge in [-0.05, 0) is 0 Å². The summed E-state index contributed by atoms with van der Waals surface area (Å²) in [4.78, 5) is 0. The number of halogens is 2. The summed E-state index contributed by atoms with van der Waals surface area (Å²) in [5.74, 6) is 0. The van der Waals surface area contributed by atoms with E-state index in [1.165, 1.54) is 22.5 Å². The van der Waals surface area contributed by atoms with E-state index in [0.717, 1.165) is 6.42 Å². The molecular formula is C6H7Cl2Sb4Zr. The molecule has 0 unspecified atom stereocenters. The van der Waals surface area contributed by atoms with Gasteiger partial charge < -0.3 is 24.8 Å². The maximum absolute atomic E-state index is 4.55. The van der Waals surface area contributed by atoms with Gasteiger partial charge in [0, 0.05) is 0 Å². The average Bonchev–Trinajstić information content (AvgIpc) is 2.51. The molecule has 1 aliphatic carbocycles. The average molecular weight is 728 g/mol. The first-order chi connectivity index (χ1) is 4.50. The normalized spacial score (nSPS) is 7.38. The van der Waals surface area contributed by atoms with Gasteiger partial charge in [0.15, 0.2) is 0 Å². The summed E-state index contributed by atoms with van der Waals surface area (Å²) < 4.78 is 4.55. The second kappa shape index (κ2) is 44.3. The Morgan fingerprint density at radius 1 is 1.15 bits per heavy atom. The van der Waals surface area contributed by atoms with Crippen molar-refractivity contribution in [2.45, 2.75) is 6.42 Å². The van der Waals surface area contributed by atoms with Gasteiger partial charge in [0.2, 0.25) is 0 Å². The molecule has 5 radical (unpaired) electrons. The van der Waals surface area contributed by atoms with E-state index in [2.05, 4.69) is 16.6 Å². The number of hydrogen-bond donors (Lipinski definition) is 0. The van der Waals surface area contributed by atoms with Crippen molar-refractivity contribution in [1.82, 2.24) is 0 Å². The van der Waals surface area contributed by atoms with E-state index < -0.39 is 0 Å². The van der Waals surface area contributed by atoms with Crippen LogP contribution < -0.4 is 24.8 Å². The van der Waals surface area contributed by atoms with Gasteiger partial charge in [-0.3, -0.25) is 6.08 Å². The topological polar surface area (TPSA) is 0 Å². The summed E-state index contributed by atoms with van der Waals surface area (Å²) in [7, 11) is 0. The standard InChI is InChI=1S/C5H5.CH.2ClH.4Sb.Zr.H/c1-2-4-5-3-1;;;;;;;;;/h1-3H,4H2;3*1H;;;;;;/q2*-1;;;;;;;+4;/p-2. The zero-order chi connectivity index (χ0) is 7.54. The Balaban J connectivity index is -0.0000000141. The molecule has 13 heavy (non-hydrogen) atoms. The molecule has 0 aromatic heterocycles. The van der Waals surface area contributed by atoms with Crippen LogP contribution in [0.2, 0.25) is 0 Å². The van der Waals surface area contributed by atoms with E-state index in [1.807, 2.05) is 12.2 Å². The zero-order valence-electron chi connectivity index (χ0n) is 6.61. The molecular weight excluding hydrogens is 721 g/mol. The first-order valence-corrected chi connectivity index (χ1v) is 12.4. The molecule has 0 aliphatic heterocycles. The molecule has 69 valence electrons. The van der Waals surface area contributed by atoms with Crippen molar-refractivity contribution in [1.29, 1.82) is 0 Å². The van der Waals surface area contributed by atoms with Crippen LogP contribution in [-0.2, 0) is 26.2 Å². The van der Waals surface area contributed by atoms with Crippen molar-refractivity contribution >= 4 is 87.9 Å². The molecule has 1 aliphatic rings. The second-order valence-electron chi connectivity index (χ2n) is 1.00. The van der Waals surface area contributed by atoms with Gasteiger partial charge in [0.1, 0.15) is 0 Å². The van der Waals surface area contributed by atoms with Crippen molar-refractivity contribution in [2.24, 2.45) is 0 Å². The van der Waals surface area contributed by atoms with Crippen LogP contribution in [0.3, 0.4) is 0 Å². The van der Waals surface area contributed by atoms with Crippen LogP contribution in [0.5, 0.6) is 0 Å². The Kier molecular flexibility index (Phi) is 123. The minimum atomic E-state index is 0. The molecule has 0 saturated carbocycles. The van der Waals surface area contributed by atoms with E-state index >= 15 is 0 Å². The van der Waals surface area contributed by atoms with Crippen molar-refractivity contribution in [3.63, 3.8) is 0 Å². The molecule has 0 bridgehead atoms. The Bertz CT molecular complexity index is 98.8. The third-order valence-corrected chi connectivity index (χ3v) is 0.586. The Morgan fingerprint density at radius 3 is 1.62 bits per heavy atom. The van der Waals surface area contributed by atoms with Gasteiger partial charge in [0.25, 0.3) is 0 Å². The minimum Gasteiger partial charge on any atom is 4.00 e. The SMILES string of the molecule is [C-]1=CC=CC1.[CH-]=[Sb].[Cl-].[Cl-].[SbH].[Sb]=[Sb].[Zr+4]. The predicted molar refractivity (Wildman–Crippen MR) is 52.0 cm³/mol. The van der Waals surface area contributed by atoms with Gasteiger partial charge in [0.05, 0.1) is 0 Å². The fourth-order valence-electron chi connectivity index (χ4n) is 0.340. The summed E-state index contributed by atoms with van der Waals surface area (Å²) in [6.07, 6.45) is 10.0. The summed E-state index contributed by atoms with van der Waals surface area (Å²) in [6, 6.07) is 0. The van der Waals surface area contributed by atoms with Gasteiger partial charge in [-0.1, -0.05) is 0 Å². The fourth-order valence-corrected chi connectivity index (χ4v) is 0.340. The molecule has 0 spiro atoms.